The molecule has 3 heterocycles. The molecule has 1 saturated heterocycles. The second kappa shape index (κ2) is 9.04. The molecule has 11 nitrogen and oxygen atoms in total. The third kappa shape index (κ3) is 4.61. The van der Waals surface area contributed by atoms with Crippen molar-refractivity contribution in [2.75, 3.05) is 37.6 Å². The fourth-order valence-corrected chi connectivity index (χ4v) is 3.79. The third-order valence-corrected chi connectivity index (χ3v) is 5.49. The molecule has 0 radical (unpaired) electrons. The molecular formula is C20H23N7O4. The average molecular weight is 425 g/mol. The van der Waals surface area contributed by atoms with Crippen molar-refractivity contribution in [3.05, 3.63) is 67.6 Å². The van der Waals surface area contributed by atoms with Crippen LogP contribution in [0.4, 0.5) is 11.6 Å². The maximum absolute atomic E-state index is 12.7. The number of hydrogen-bond donors (Lipinski definition) is 1. The van der Waals surface area contributed by atoms with E-state index in [-0.39, 0.29) is 17.6 Å². The van der Waals surface area contributed by atoms with Gasteiger partial charge in [-0.3, -0.25) is 24.4 Å². The number of nitro benzene ring substituents is 1. The van der Waals surface area contributed by atoms with Crippen LogP contribution in [0, 0.1) is 10.1 Å². The van der Waals surface area contributed by atoms with E-state index in [1.54, 1.807) is 18.5 Å². The highest BCUT2D eigenvalue weighted by Crippen LogP contribution is 2.15. The van der Waals surface area contributed by atoms with E-state index < -0.39 is 16.2 Å². The lowest BCUT2D eigenvalue weighted by Gasteiger charge is -2.34. The van der Waals surface area contributed by atoms with Gasteiger partial charge in [-0.25, -0.2) is 14.8 Å². The van der Waals surface area contributed by atoms with Crippen LogP contribution < -0.4 is 16.1 Å². The minimum Gasteiger partial charge on any atom is -0.338 e. The van der Waals surface area contributed by atoms with Crippen LogP contribution in [0.5, 0.6) is 0 Å². The van der Waals surface area contributed by atoms with Gasteiger partial charge in [0.1, 0.15) is 0 Å². The SMILES string of the molecule is O=c1[nH]c2ccc([N+](=O)[O-])cc2c(=O)n1CCCCN1CCN(c2ncccn2)CC1. The third-order valence-electron chi connectivity index (χ3n) is 5.49. The topological polar surface area (TPSA) is 130 Å². The van der Waals surface area contributed by atoms with E-state index in [4.69, 9.17) is 0 Å². The molecule has 1 N–H and O–H groups in total. The van der Waals surface area contributed by atoms with Gasteiger partial charge in [0, 0.05) is 57.3 Å². The number of benzene rings is 1. The van der Waals surface area contributed by atoms with Crippen molar-refractivity contribution in [3.63, 3.8) is 0 Å². The molecule has 1 aliphatic rings. The first-order valence-electron chi connectivity index (χ1n) is 10.2. The van der Waals surface area contributed by atoms with Gasteiger partial charge in [0.15, 0.2) is 0 Å². The number of nitrogens with one attached hydrogen (secondary N) is 1. The number of rotatable bonds is 7. The zero-order chi connectivity index (χ0) is 21.8. The highest BCUT2D eigenvalue weighted by atomic mass is 16.6. The van der Waals surface area contributed by atoms with Crippen LogP contribution in [-0.2, 0) is 6.54 Å². The highest BCUT2D eigenvalue weighted by Gasteiger charge is 2.18. The number of H-pyrrole nitrogens is 1. The number of nitro groups is 1. The van der Waals surface area contributed by atoms with Gasteiger partial charge in [-0.15, -0.1) is 0 Å². The van der Waals surface area contributed by atoms with Crippen molar-refractivity contribution in [1.29, 1.82) is 0 Å². The van der Waals surface area contributed by atoms with Crippen LogP contribution >= 0.6 is 0 Å². The molecule has 0 amide bonds. The number of fused-ring (bicyclic) bond motifs is 1. The van der Waals surface area contributed by atoms with E-state index in [9.17, 15) is 19.7 Å². The zero-order valence-corrected chi connectivity index (χ0v) is 16.9. The summed E-state index contributed by atoms with van der Waals surface area (Å²) in [5.41, 5.74) is -0.873. The fraction of sp³-hybridized carbons (Fsp3) is 0.400. The first kappa shape index (κ1) is 20.7. The molecule has 0 aliphatic carbocycles. The van der Waals surface area contributed by atoms with Crippen LogP contribution in [0.15, 0.2) is 46.2 Å². The first-order chi connectivity index (χ1) is 15.0. The second-order valence-corrected chi connectivity index (χ2v) is 7.46. The van der Waals surface area contributed by atoms with Crippen LogP contribution in [0.2, 0.25) is 0 Å². The van der Waals surface area contributed by atoms with Crippen molar-refractivity contribution in [2.45, 2.75) is 19.4 Å². The Labute approximate surface area is 177 Å². The van der Waals surface area contributed by atoms with Crippen LogP contribution in [-0.4, -0.2) is 62.1 Å². The molecule has 0 bridgehead atoms. The van der Waals surface area contributed by atoms with Gasteiger partial charge in [-0.1, -0.05) is 0 Å². The largest absolute Gasteiger partial charge is 0.338 e. The van der Waals surface area contributed by atoms with Crippen molar-refractivity contribution in [2.24, 2.45) is 0 Å². The molecule has 162 valence electrons. The van der Waals surface area contributed by atoms with Gasteiger partial charge >= 0.3 is 5.69 Å². The number of hydrogen-bond acceptors (Lipinski definition) is 8. The highest BCUT2D eigenvalue weighted by molar-refractivity contribution is 5.79. The predicted molar refractivity (Wildman–Crippen MR) is 115 cm³/mol. The lowest BCUT2D eigenvalue weighted by Crippen LogP contribution is -2.47. The predicted octanol–water partition coefficient (Wildman–Crippen LogP) is 0.990. The second-order valence-electron chi connectivity index (χ2n) is 7.46. The molecule has 0 atom stereocenters. The molecule has 0 spiro atoms. The number of unbranched alkanes of at least 4 members (excludes halogenated alkanes) is 1. The van der Waals surface area contributed by atoms with Gasteiger partial charge in [-0.05, 0) is 31.5 Å². The van der Waals surface area contributed by atoms with Gasteiger partial charge in [0.25, 0.3) is 11.2 Å². The van der Waals surface area contributed by atoms with Gasteiger partial charge in [-0.2, -0.15) is 0 Å². The molecule has 11 heteroatoms. The standard InChI is InChI=1S/C20H23N7O4/c28-18-16-14-15(27(30)31)4-5-17(16)23-20(29)26(18)9-2-1-8-24-10-12-25(13-11-24)19-21-6-3-7-22-19/h3-7,14H,1-2,8-13H2,(H,23,29). The Kier molecular flexibility index (Phi) is 6.03. The summed E-state index contributed by atoms with van der Waals surface area (Å²) in [6.45, 7) is 4.65. The monoisotopic (exact) mass is 425 g/mol. The Hall–Kier alpha value is -3.60. The fourth-order valence-electron chi connectivity index (χ4n) is 3.79. The summed E-state index contributed by atoms with van der Waals surface area (Å²) in [5, 5.41) is 11.1. The maximum Gasteiger partial charge on any atom is 0.328 e. The summed E-state index contributed by atoms with van der Waals surface area (Å²) in [4.78, 5) is 51.1. The van der Waals surface area contributed by atoms with Gasteiger partial charge < -0.3 is 9.88 Å². The number of aromatic amines is 1. The Morgan fingerprint density at radius 1 is 1.03 bits per heavy atom. The van der Waals surface area contributed by atoms with E-state index >= 15 is 0 Å². The number of aromatic nitrogens is 4. The molecule has 4 rings (SSSR count). The minimum atomic E-state index is -0.558. The van der Waals surface area contributed by atoms with Gasteiger partial charge in [0.05, 0.1) is 15.8 Å². The molecule has 1 aliphatic heterocycles. The Bertz CT molecular complexity index is 1180. The Balaban J connectivity index is 1.32. The van der Waals surface area contributed by atoms with Crippen molar-refractivity contribution < 1.29 is 4.92 Å². The summed E-state index contributed by atoms with van der Waals surface area (Å²) in [5.74, 6) is 0.747. The molecule has 3 aromatic rings. The molecule has 31 heavy (non-hydrogen) atoms. The smallest absolute Gasteiger partial charge is 0.328 e. The summed E-state index contributed by atoms with van der Waals surface area (Å²) >= 11 is 0. The number of piperazine rings is 1. The summed E-state index contributed by atoms with van der Waals surface area (Å²) < 4.78 is 1.12. The van der Waals surface area contributed by atoms with E-state index in [0.717, 1.165) is 49.7 Å². The van der Waals surface area contributed by atoms with Crippen LogP contribution in [0.1, 0.15) is 12.8 Å². The Morgan fingerprint density at radius 3 is 2.45 bits per heavy atom. The summed E-state index contributed by atoms with van der Waals surface area (Å²) in [6.07, 6.45) is 4.97. The first-order valence-corrected chi connectivity index (χ1v) is 10.2. The van der Waals surface area contributed by atoms with Crippen molar-refractivity contribution >= 4 is 22.5 Å². The lowest BCUT2D eigenvalue weighted by molar-refractivity contribution is -0.384. The van der Waals surface area contributed by atoms with E-state index in [0.29, 0.717) is 11.9 Å². The number of anilines is 1. The van der Waals surface area contributed by atoms with E-state index in [1.165, 1.54) is 18.2 Å². The normalized spacial score (nSPS) is 14.8. The number of non-ortho nitro benzene ring substituents is 1. The molecule has 1 fully saturated rings. The zero-order valence-electron chi connectivity index (χ0n) is 16.9. The molecule has 0 unspecified atom stereocenters. The number of nitrogens with zero attached hydrogens (tertiary/aromatic N) is 6. The lowest BCUT2D eigenvalue weighted by atomic mass is 10.2. The minimum absolute atomic E-state index is 0.146. The van der Waals surface area contributed by atoms with Gasteiger partial charge in [0.2, 0.25) is 5.95 Å². The van der Waals surface area contributed by atoms with Crippen molar-refractivity contribution in [3.8, 4) is 0 Å². The summed E-state index contributed by atoms with van der Waals surface area (Å²) in [6, 6.07) is 5.67. The van der Waals surface area contributed by atoms with E-state index in [2.05, 4.69) is 24.8 Å². The Morgan fingerprint density at radius 2 is 1.74 bits per heavy atom. The average Bonchev–Trinajstić information content (AvgIpc) is 2.79. The van der Waals surface area contributed by atoms with Crippen LogP contribution in [0.3, 0.4) is 0 Å². The maximum atomic E-state index is 12.7. The molecule has 1 aromatic carbocycles. The molecule has 0 saturated carbocycles. The van der Waals surface area contributed by atoms with E-state index in [1.807, 2.05) is 0 Å². The van der Waals surface area contributed by atoms with Crippen LogP contribution in [0.25, 0.3) is 10.9 Å². The van der Waals surface area contributed by atoms with Crippen molar-refractivity contribution in [1.82, 2.24) is 24.4 Å². The molecular weight excluding hydrogens is 402 g/mol. The summed E-state index contributed by atoms with van der Waals surface area (Å²) in [7, 11) is 0. The molecule has 2 aromatic heterocycles. The quantitative estimate of drug-likeness (QED) is 0.337.